The fraction of sp³-hybridized carbons (Fsp3) is 0.667. The molecule has 5 atom stereocenters. The van der Waals surface area contributed by atoms with Crippen LogP contribution in [-0.2, 0) is 9.47 Å². The largest absolute Gasteiger partial charge is 0.392 e. The Hall–Kier alpha value is -1.77. The van der Waals surface area contributed by atoms with Crippen molar-refractivity contribution in [3.63, 3.8) is 0 Å². The maximum absolute atomic E-state index is 11.6. The molecule has 3 N–H and O–H groups in total. The van der Waals surface area contributed by atoms with E-state index in [2.05, 4.69) is 16.2 Å². The monoisotopic (exact) mass is 320 g/mol. The summed E-state index contributed by atoms with van der Waals surface area (Å²) in [5.74, 6) is -1.46. The molecule has 1 saturated carbocycles. The molecular formula is C15H20N4O4. The van der Waals surface area contributed by atoms with Crippen molar-refractivity contribution in [2.75, 3.05) is 0 Å². The number of nitrogens with zero attached hydrogens (tertiary/aromatic N) is 3. The Labute approximate surface area is 133 Å². The number of carbonyl (C=O) groups excluding carboxylic acids is 1. The molecular weight excluding hydrogens is 300 g/mol. The zero-order valence-electron chi connectivity index (χ0n) is 13.0. The third-order valence-corrected chi connectivity index (χ3v) is 4.87. The van der Waals surface area contributed by atoms with Crippen molar-refractivity contribution >= 4 is 5.91 Å². The van der Waals surface area contributed by atoms with Gasteiger partial charge >= 0.3 is 0 Å². The highest BCUT2D eigenvalue weighted by molar-refractivity contribution is 5.89. The van der Waals surface area contributed by atoms with Gasteiger partial charge in [0.15, 0.2) is 5.79 Å². The van der Waals surface area contributed by atoms with Crippen LogP contribution in [0.2, 0.25) is 0 Å². The van der Waals surface area contributed by atoms with E-state index in [1.807, 2.05) is 13.8 Å². The lowest BCUT2D eigenvalue weighted by Gasteiger charge is -2.31. The maximum Gasteiger partial charge on any atom is 0.286 e. The number of fused-ring (bicyclic) bond motifs is 3. The molecule has 1 aliphatic heterocycles. The first-order valence-corrected chi connectivity index (χ1v) is 7.82. The van der Waals surface area contributed by atoms with Gasteiger partial charge in [-0.2, -0.15) is 5.10 Å². The van der Waals surface area contributed by atoms with Crippen LogP contribution in [0.25, 0.3) is 0 Å². The summed E-state index contributed by atoms with van der Waals surface area (Å²) < 4.78 is 13.6. The van der Waals surface area contributed by atoms with E-state index in [0.717, 1.165) is 12.0 Å². The third kappa shape index (κ3) is 2.13. The minimum absolute atomic E-state index is 0.0867. The lowest BCUT2D eigenvalue weighted by Crippen LogP contribution is -2.34. The number of aliphatic hydroxyl groups is 1. The van der Waals surface area contributed by atoms with E-state index in [4.69, 9.17) is 15.2 Å². The average molecular weight is 320 g/mol. The quantitative estimate of drug-likeness (QED) is 0.750. The number of aromatic nitrogens is 3. The summed E-state index contributed by atoms with van der Waals surface area (Å²) >= 11 is 0. The van der Waals surface area contributed by atoms with Gasteiger partial charge in [0.25, 0.3) is 5.91 Å². The Morgan fingerprint density at radius 3 is 2.91 bits per heavy atom. The van der Waals surface area contributed by atoms with E-state index < -0.39 is 17.8 Å². The van der Waals surface area contributed by atoms with Crippen LogP contribution in [0.1, 0.15) is 43.3 Å². The Morgan fingerprint density at radius 2 is 2.17 bits per heavy atom. The molecule has 2 aliphatic carbocycles. The van der Waals surface area contributed by atoms with Gasteiger partial charge in [-0.25, -0.2) is 9.67 Å². The minimum atomic E-state index is -0.746. The molecule has 1 aromatic rings. The molecule has 0 spiro atoms. The van der Waals surface area contributed by atoms with Gasteiger partial charge in [0.2, 0.25) is 5.82 Å². The van der Waals surface area contributed by atoms with Crippen molar-refractivity contribution in [3.8, 4) is 0 Å². The highest BCUT2D eigenvalue weighted by Gasteiger charge is 2.59. The number of hydrogen-bond donors (Lipinski definition) is 2. The second-order valence-electron chi connectivity index (χ2n) is 6.78. The molecule has 0 aromatic carbocycles. The number of amides is 1. The summed E-state index contributed by atoms with van der Waals surface area (Å²) in [5.41, 5.74) is 6.40. The van der Waals surface area contributed by atoms with E-state index in [0.29, 0.717) is 6.42 Å². The van der Waals surface area contributed by atoms with Crippen LogP contribution in [0.4, 0.5) is 0 Å². The topological polar surface area (TPSA) is 112 Å². The van der Waals surface area contributed by atoms with E-state index in [-0.39, 0.29) is 30.0 Å². The van der Waals surface area contributed by atoms with Crippen molar-refractivity contribution in [2.45, 2.75) is 56.8 Å². The molecule has 0 unspecified atom stereocenters. The standard InChI is InChI=1S/C15H20N4O4/c1-15(2)22-11-9-7(4-3-5-8(9)20)10(12(11)23-15)19-14(13(16)21)17-6-18-19/h4,6,8-12,20H,3,5H2,1-2H3,(H2,16,21)/t8-,9-,10-,11-,12+/m1/s1. The average Bonchev–Trinajstić information content (AvgIpc) is 3.10. The smallest absolute Gasteiger partial charge is 0.286 e. The summed E-state index contributed by atoms with van der Waals surface area (Å²) in [6, 6.07) is -0.341. The highest BCUT2D eigenvalue weighted by Crippen LogP contribution is 2.53. The Kier molecular flexibility index (Phi) is 3.13. The van der Waals surface area contributed by atoms with Crippen LogP contribution in [0, 0.1) is 5.92 Å². The van der Waals surface area contributed by atoms with Gasteiger partial charge < -0.3 is 20.3 Å². The first-order chi connectivity index (χ1) is 10.9. The lowest BCUT2D eigenvalue weighted by atomic mass is 9.85. The van der Waals surface area contributed by atoms with Gasteiger partial charge in [0, 0.05) is 5.92 Å². The van der Waals surface area contributed by atoms with Crippen LogP contribution in [0.5, 0.6) is 0 Å². The summed E-state index contributed by atoms with van der Waals surface area (Å²) in [6.07, 6.45) is 3.75. The molecule has 124 valence electrons. The molecule has 1 aromatic heterocycles. The van der Waals surface area contributed by atoms with Gasteiger partial charge in [0.1, 0.15) is 18.5 Å². The SMILES string of the molecule is CC1(C)O[C@@H]2[C@H](O1)[C@@H]1C(=CCC[C@H]1O)[C@H]2n1ncnc1C(N)=O. The van der Waals surface area contributed by atoms with E-state index in [9.17, 15) is 9.90 Å². The summed E-state index contributed by atoms with van der Waals surface area (Å²) in [6.45, 7) is 3.69. The van der Waals surface area contributed by atoms with E-state index in [1.54, 1.807) is 0 Å². The molecule has 8 nitrogen and oxygen atoms in total. The Balaban J connectivity index is 1.82. The molecule has 4 rings (SSSR count). The fourth-order valence-corrected chi connectivity index (χ4v) is 4.12. The lowest BCUT2D eigenvalue weighted by molar-refractivity contribution is -0.160. The molecule has 3 aliphatic rings. The Morgan fingerprint density at radius 1 is 1.43 bits per heavy atom. The first kappa shape index (κ1) is 14.8. The second-order valence-corrected chi connectivity index (χ2v) is 6.78. The number of primary amides is 1. The third-order valence-electron chi connectivity index (χ3n) is 4.87. The van der Waals surface area contributed by atoms with Crippen molar-refractivity contribution < 1.29 is 19.4 Å². The van der Waals surface area contributed by atoms with Crippen molar-refractivity contribution in [2.24, 2.45) is 11.7 Å². The number of allylic oxidation sites excluding steroid dienone is 1. The minimum Gasteiger partial charge on any atom is -0.392 e. The van der Waals surface area contributed by atoms with E-state index in [1.165, 1.54) is 11.0 Å². The summed E-state index contributed by atoms with van der Waals surface area (Å²) in [4.78, 5) is 15.6. The van der Waals surface area contributed by atoms with Crippen LogP contribution < -0.4 is 5.73 Å². The predicted molar refractivity (Wildman–Crippen MR) is 78.2 cm³/mol. The number of nitrogens with two attached hydrogens (primary N) is 1. The predicted octanol–water partition coefficient (Wildman–Crippen LogP) is 0.149. The molecule has 0 radical (unpaired) electrons. The number of hydrogen-bond acceptors (Lipinski definition) is 6. The first-order valence-electron chi connectivity index (χ1n) is 7.82. The molecule has 1 saturated heterocycles. The van der Waals surface area contributed by atoms with Crippen molar-refractivity contribution in [3.05, 3.63) is 23.8 Å². The maximum atomic E-state index is 11.6. The zero-order chi connectivity index (χ0) is 16.4. The van der Waals surface area contributed by atoms with Crippen molar-refractivity contribution in [1.29, 1.82) is 0 Å². The fourth-order valence-electron chi connectivity index (χ4n) is 4.12. The van der Waals surface area contributed by atoms with E-state index >= 15 is 0 Å². The van der Waals surface area contributed by atoms with Crippen molar-refractivity contribution in [1.82, 2.24) is 14.8 Å². The Bertz CT molecular complexity index is 683. The van der Waals surface area contributed by atoms with Crippen LogP contribution in [0.15, 0.2) is 18.0 Å². The van der Waals surface area contributed by atoms with Crippen LogP contribution >= 0.6 is 0 Å². The molecule has 1 amide bonds. The van der Waals surface area contributed by atoms with Gasteiger partial charge in [-0.15, -0.1) is 0 Å². The number of rotatable bonds is 2. The molecule has 2 fully saturated rings. The molecule has 2 heterocycles. The summed E-state index contributed by atoms with van der Waals surface area (Å²) in [7, 11) is 0. The van der Waals surface area contributed by atoms with Crippen LogP contribution in [-0.4, -0.2) is 49.9 Å². The number of carbonyl (C=O) groups is 1. The molecule has 23 heavy (non-hydrogen) atoms. The zero-order valence-corrected chi connectivity index (χ0v) is 13.0. The van der Waals surface area contributed by atoms with Gasteiger partial charge in [-0.05, 0) is 32.3 Å². The van der Waals surface area contributed by atoms with Gasteiger partial charge in [-0.1, -0.05) is 6.08 Å². The summed E-state index contributed by atoms with van der Waals surface area (Å²) in [5, 5.41) is 14.7. The number of ether oxygens (including phenoxy) is 2. The van der Waals surface area contributed by atoms with Gasteiger partial charge in [0.05, 0.1) is 12.2 Å². The second kappa shape index (κ2) is 4.86. The highest BCUT2D eigenvalue weighted by atomic mass is 16.8. The van der Waals surface area contributed by atoms with Gasteiger partial charge in [-0.3, -0.25) is 4.79 Å². The molecule has 0 bridgehead atoms. The molecule has 8 heteroatoms. The van der Waals surface area contributed by atoms with Crippen LogP contribution in [0.3, 0.4) is 0 Å². The normalized spacial score (nSPS) is 38.0. The number of aliphatic hydroxyl groups excluding tert-OH is 1.